The minimum atomic E-state index is -7.93. The first-order valence-electron chi connectivity index (χ1n) is 22.8. The number of anilines is 3. The van der Waals surface area contributed by atoms with E-state index in [-0.39, 0.29) is 34.5 Å². The number of aryl methyl sites for hydroxylation is 5. The summed E-state index contributed by atoms with van der Waals surface area (Å²) in [5.41, 5.74) is 4.89. The van der Waals surface area contributed by atoms with Crippen molar-refractivity contribution in [3.8, 4) is 28.2 Å². The molecule has 0 radical (unpaired) electrons. The lowest BCUT2D eigenvalue weighted by Gasteiger charge is -2.33. The minimum absolute atomic E-state index is 0.0314. The van der Waals surface area contributed by atoms with Gasteiger partial charge in [0.1, 0.15) is 23.7 Å². The number of sulfonamides is 3. The van der Waals surface area contributed by atoms with Crippen LogP contribution in [0.5, 0.6) is 5.75 Å². The van der Waals surface area contributed by atoms with E-state index in [0.717, 1.165) is 68.9 Å². The Bertz CT molecular complexity index is 3700. The molecular weight excluding hydrogens is 1070 g/mol. The summed E-state index contributed by atoms with van der Waals surface area (Å²) in [5, 5.41) is 0.275. The van der Waals surface area contributed by atoms with E-state index in [0.29, 0.717) is 59.6 Å². The van der Waals surface area contributed by atoms with Crippen LogP contribution in [0.1, 0.15) is 33.4 Å². The van der Waals surface area contributed by atoms with Crippen LogP contribution in [0.4, 0.5) is 49.1 Å². The Hall–Kier alpha value is -6.80. The first-order valence-corrected chi connectivity index (χ1v) is 27.1. The summed E-state index contributed by atoms with van der Waals surface area (Å²) in [6.07, 6.45) is 1.24. The van der Waals surface area contributed by atoms with Gasteiger partial charge in [0.2, 0.25) is 0 Å². The van der Waals surface area contributed by atoms with Gasteiger partial charge in [0.15, 0.2) is 0 Å². The van der Waals surface area contributed by atoms with Crippen molar-refractivity contribution in [2.45, 2.75) is 55.9 Å². The third-order valence-corrected chi connectivity index (χ3v) is 17.2. The number of fused-ring (bicyclic) bond motifs is 2. The van der Waals surface area contributed by atoms with Gasteiger partial charge in [0, 0.05) is 62.3 Å². The predicted molar refractivity (Wildman–Crippen MR) is 275 cm³/mol. The fourth-order valence-electron chi connectivity index (χ4n) is 8.22. The fraction of sp³-hybridized carbons (Fsp3) is 0.250. The Morgan fingerprint density at radius 3 is 1.96 bits per heavy atom. The molecule has 0 spiro atoms. The van der Waals surface area contributed by atoms with Gasteiger partial charge in [-0.25, -0.2) is 21.8 Å². The molecule has 76 heavy (non-hydrogen) atoms. The largest absolute Gasteiger partial charge is 0.491 e. The van der Waals surface area contributed by atoms with Crippen LogP contribution < -0.4 is 20.1 Å². The average Bonchev–Trinajstić information content (AvgIpc) is 3.41. The Labute approximate surface area is 434 Å². The Morgan fingerprint density at radius 2 is 1.33 bits per heavy atom. The quantitative estimate of drug-likeness (QED) is 0.0266. The maximum Gasteiger partial charge on any atom is 0.433 e. The molecule has 0 saturated carbocycles. The lowest BCUT2D eigenvalue weighted by atomic mass is 9.93. The Kier molecular flexibility index (Phi) is 16.2. The van der Waals surface area contributed by atoms with E-state index < -0.39 is 66.5 Å². The zero-order valence-electron chi connectivity index (χ0n) is 41.4. The van der Waals surface area contributed by atoms with Gasteiger partial charge in [0.05, 0.1) is 35.8 Å². The molecule has 1 aliphatic heterocycles. The van der Waals surface area contributed by atoms with E-state index in [4.69, 9.17) is 23.6 Å². The van der Waals surface area contributed by atoms with Crippen molar-refractivity contribution < 1.29 is 75.4 Å². The number of alkyl halides is 6. The van der Waals surface area contributed by atoms with Crippen molar-refractivity contribution in [2.24, 2.45) is 4.99 Å². The van der Waals surface area contributed by atoms with Crippen molar-refractivity contribution in [1.82, 2.24) is 3.87 Å². The number of hydrogen-bond acceptors (Lipinski definition) is 13. The first kappa shape index (κ1) is 56.9. The molecule has 0 bridgehead atoms. The van der Waals surface area contributed by atoms with Crippen LogP contribution in [-0.4, -0.2) is 84.3 Å². The second-order valence-corrected chi connectivity index (χ2v) is 23.0. The van der Waals surface area contributed by atoms with Gasteiger partial charge >= 0.3 is 36.5 Å². The molecule has 3 N–H and O–H groups in total. The Balaban J connectivity index is 1.33. The molecule has 5 aromatic rings. The van der Waals surface area contributed by atoms with Gasteiger partial charge in [-0.1, -0.05) is 60.7 Å². The number of ether oxygens (including phenoxy) is 3. The smallest absolute Gasteiger partial charge is 0.433 e. The van der Waals surface area contributed by atoms with Crippen LogP contribution in [0.2, 0.25) is 0 Å². The van der Waals surface area contributed by atoms with Gasteiger partial charge in [-0.05, 0) is 117 Å². The van der Waals surface area contributed by atoms with E-state index in [1.54, 1.807) is 31.4 Å². The summed E-state index contributed by atoms with van der Waals surface area (Å²) < 4.78 is 195. The normalized spacial score (nSPS) is 13.2. The van der Waals surface area contributed by atoms with Crippen LogP contribution in [0.25, 0.3) is 39.5 Å². The first-order chi connectivity index (χ1) is 35.6. The van der Waals surface area contributed by atoms with Crippen molar-refractivity contribution in [3.05, 3.63) is 155 Å². The molecular formula is C52H50F6N4O11S3. The third kappa shape index (κ3) is 10.8. The maximum absolute atomic E-state index is 15.8. The molecule has 0 aromatic heterocycles. The fourth-order valence-corrected chi connectivity index (χ4v) is 12.4. The second-order valence-electron chi connectivity index (χ2n) is 17.5. The molecule has 0 amide bonds. The van der Waals surface area contributed by atoms with E-state index in [2.05, 4.69) is 11.9 Å². The molecule has 0 unspecified atom stereocenters. The van der Waals surface area contributed by atoms with E-state index >= 15 is 26.3 Å². The number of hydrogen-bond donors (Lipinski definition) is 3. The van der Waals surface area contributed by atoms with Gasteiger partial charge in [-0.15, -0.1) is 0 Å². The third-order valence-electron chi connectivity index (χ3n) is 11.9. The molecule has 24 heteroatoms. The highest BCUT2D eigenvalue weighted by Gasteiger charge is 2.83. The standard InChI is InChI=1S/C52H50F6N4O11S3/c1-8-36-13-15-37(16-14-36)61-75(66,67)51(55,56)50(53,54)52(57,58)76(68,69)62(63)74(64,65)46-12-10-9-11-43(46)47-41-19-17-38(59-48-32(3)25-31(2)26-33(48)4)29-44(41)73-45-30-39(18-20-42(45)47)60-49-34(5)27-40(28-35(49)6)72-24-23-71-22-21-70-7/h8-20,25-30,60-61,63H,1,21-24H2,2-7H3. The molecule has 1 aliphatic carbocycles. The van der Waals surface area contributed by atoms with Crippen LogP contribution in [0.15, 0.2) is 130 Å². The number of halogens is 6. The maximum atomic E-state index is 15.8. The Morgan fingerprint density at radius 1 is 0.711 bits per heavy atom. The average molecular weight is 1120 g/mol. The minimum Gasteiger partial charge on any atom is -0.491 e. The molecule has 0 fully saturated rings. The van der Waals surface area contributed by atoms with Crippen LogP contribution in [0, 0.1) is 34.6 Å². The highest BCUT2D eigenvalue weighted by Crippen LogP contribution is 2.53. The molecule has 7 rings (SSSR count). The molecule has 15 nitrogen and oxygen atoms in total. The zero-order chi connectivity index (χ0) is 55.8. The SMILES string of the molecule is C=Cc1ccc(NS(=O)(=O)C(F)(F)C(F)(F)C(F)(F)S(=O)(=O)N(O)S(=O)(=O)c2ccccc2-c2c3ccc(=Nc4c(C)cc(C)cc4C)cc-3oc3cc(Nc4c(C)cc(OCCOCCOC)cc4C)ccc23)cc1. The topological polar surface area (TPSA) is 203 Å². The summed E-state index contributed by atoms with van der Waals surface area (Å²) >= 11 is 0. The van der Waals surface area contributed by atoms with Crippen LogP contribution >= 0.6 is 0 Å². The number of methoxy groups -OCH3 is 1. The molecule has 0 atom stereocenters. The summed E-state index contributed by atoms with van der Waals surface area (Å²) in [5.74, 6) is -6.86. The van der Waals surface area contributed by atoms with Crippen molar-refractivity contribution in [3.63, 3.8) is 0 Å². The molecule has 404 valence electrons. The van der Waals surface area contributed by atoms with Crippen molar-refractivity contribution >= 4 is 69.9 Å². The zero-order valence-corrected chi connectivity index (χ0v) is 43.9. The lowest BCUT2D eigenvalue weighted by Crippen LogP contribution is -2.64. The van der Waals surface area contributed by atoms with Crippen molar-refractivity contribution in [1.29, 1.82) is 0 Å². The van der Waals surface area contributed by atoms with E-state index in [1.807, 2.05) is 46.8 Å². The predicted octanol–water partition coefficient (Wildman–Crippen LogP) is 11.4. The number of rotatable bonds is 21. The summed E-state index contributed by atoms with van der Waals surface area (Å²) in [4.78, 5) is 3.52. The summed E-state index contributed by atoms with van der Waals surface area (Å²) in [7, 11) is -19.8. The number of nitrogens with one attached hydrogen (secondary N) is 2. The van der Waals surface area contributed by atoms with Gasteiger partial charge in [-0.2, -0.15) is 34.8 Å². The van der Waals surface area contributed by atoms with Crippen LogP contribution in [-0.2, 0) is 39.5 Å². The molecule has 0 saturated heterocycles. The van der Waals surface area contributed by atoms with Gasteiger partial charge in [0.25, 0.3) is 10.0 Å². The van der Waals surface area contributed by atoms with E-state index in [1.165, 1.54) is 36.4 Å². The lowest BCUT2D eigenvalue weighted by molar-refractivity contribution is -0.245. The number of nitrogens with zero attached hydrogens (tertiary/aromatic N) is 2. The van der Waals surface area contributed by atoms with Gasteiger partial charge in [-0.3, -0.25) is 9.93 Å². The van der Waals surface area contributed by atoms with Crippen molar-refractivity contribution in [2.75, 3.05) is 43.6 Å². The monoisotopic (exact) mass is 1120 g/mol. The molecule has 2 aliphatic rings. The summed E-state index contributed by atoms with van der Waals surface area (Å²) in [6, 6.07) is 24.2. The van der Waals surface area contributed by atoms with Crippen LogP contribution in [0.3, 0.4) is 0 Å². The van der Waals surface area contributed by atoms with E-state index in [9.17, 15) is 30.5 Å². The molecule has 1 heterocycles. The highest BCUT2D eigenvalue weighted by molar-refractivity contribution is 8.04. The highest BCUT2D eigenvalue weighted by atomic mass is 32.3. The molecule has 5 aromatic carbocycles. The summed E-state index contributed by atoms with van der Waals surface area (Å²) in [6.45, 7) is 14.2. The number of benzene rings is 6. The second kappa shape index (κ2) is 21.7. The van der Waals surface area contributed by atoms with Gasteiger partial charge < -0.3 is 23.9 Å².